The zero-order chi connectivity index (χ0) is 23.5. The number of nitrogens with zero attached hydrogens (tertiary/aromatic N) is 1. The van der Waals surface area contributed by atoms with Gasteiger partial charge in [-0.25, -0.2) is 4.79 Å². The van der Waals surface area contributed by atoms with Crippen molar-refractivity contribution in [1.29, 1.82) is 0 Å². The van der Waals surface area contributed by atoms with Gasteiger partial charge in [0.1, 0.15) is 22.9 Å². The van der Waals surface area contributed by atoms with Gasteiger partial charge in [0.2, 0.25) is 0 Å². The number of amides is 1. The van der Waals surface area contributed by atoms with Crippen molar-refractivity contribution < 1.29 is 18.8 Å². The first-order chi connectivity index (χ1) is 16.6. The summed E-state index contributed by atoms with van der Waals surface area (Å²) in [7, 11) is 1.58. The molecular formula is C28H27N2O4+. The normalized spacial score (nSPS) is 14.5. The summed E-state index contributed by atoms with van der Waals surface area (Å²) in [5.74, 6) is 0.360. The number of hydrogen-bond acceptors (Lipinski definition) is 4. The van der Waals surface area contributed by atoms with Crippen molar-refractivity contribution in [3.63, 3.8) is 0 Å². The molecule has 5 rings (SSSR count). The molecule has 1 aliphatic rings. The Labute approximate surface area is 198 Å². The van der Waals surface area contributed by atoms with E-state index in [2.05, 4.69) is 48.5 Å². The van der Waals surface area contributed by atoms with E-state index in [1.165, 1.54) is 16.0 Å². The molecule has 4 aromatic rings. The smallest absolute Gasteiger partial charge is 0.349 e. The van der Waals surface area contributed by atoms with E-state index in [-0.39, 0.29) is 17.5 Å². The van der Waals surface area contributed by atoms with Gasteiger partial charge in [0.05, 0.1) is 33.3 Å². The van der Waals surface area contributed by atoms with E-state index in [0.29, 0.717) is 29.8 Å². The summed E-state index contributed by atoms with van der Waals surface area (Å²) in [6, 6.07) is 28.0. The van der Waals surface area contributed by atoms with Gasteiger partial charge in [0, 0.05) is 16.5 Å². The molecule has 0 unspecified atom stereocenters. The highest BCUT2D eigenvalue weighted by molar-refractivity contribution is 5.96. The Morgan fingerprint density at radius 3 is 2.12 bits per heavy atom. The third kappa shape index (κ3) is 4.32. The topological polar surface area (TPSA) is 64.2 Å². The number of rotatable bonds is 5. The predicted molar refractivity (Wildman–Crippen MR) is 130 cm³/mol. The maximum Gasteiger partial charge on any atom is 0.349 e. The Morgan fingerprint density at radius 1 is 0.912 bits per heavy atom. The first kappa shape index (κ1) is 21.9. The quantitative estimate of drug-likeness (QED) is 0.470. The zero-order valence-electron chi connectivity index (χ0n) is 19.1. The minimum Gasteiger partial charge on any atom is -0.497 e. The standard InChI is InChI=1S/C28H26N2O4/c1-33-23-12-13-25-22(18-23)19-24(28(32)34-25)27(31)30-16-14-29(15-17-30)26(20-8-4-2-5-9-20)21-10-6-3-7-11-21/h2-13,18-19,26H,14-17H2,1H3/p+1. The minimum atomic E-state index is -0.608. The van der Waals surface area contributed by atoms with Gasteiger partial charge in [-0.1, -0.05) is 60.7 Å². The van der Waals surface area contributed by atoms with Crippen molar-refractivity contribution >= 4 is 16.9 Å². The number of ether oxygens (including phenoxy) is 1. The third-order valence-corrected chi connectivity index (χ3v) is 6.54. The number of carbonyl (C=O) groups is 1. The number of nitrogens with one attached hydrogen (secondary N) is 1. The molecule has 0 bridgehead atoms. The Hall–Kier alpha value is -3.90. The molecule has 6 heteroatoms. The number of methoxy groups -OCH3 is 1. The zero-order valence-corrected chi connectivity index (χ0v) is 19.1. The van der Waals surface area contributed by atoms with E-state index in [0.717, 1.165) is 13.1 Å². The lowest BCUT2D eigenvalue weighted by atomic mass is 9.96. The average Bonchev–Trinajstić information content (AvgIpc) is 2.89. The van der Waals surface area contributed by atoms with Crippen LogP contribution in [0.15, 0.2) is 94.1 Å². The number of benzene rings is 3. The summed E-state index contributed by atoms with van der Waals surface area (Å²) >= 11 is 0. The van der Waals surface area contributed by atoms with Crippen LogP contribution in [-0.2, 0) is 0 Å². The van der Waals surface area contributed by atoms with Crippen LogP contribution < -0.4 is 15.3 Å². The van der Waals surface area contributed by atoms with E-state index in [1.54, 1.807) is 36.3 Å². The maximum atomic E-state index is 13.3. The summed E-state index contributed by atoms with van der Waals surface area (Å²) < 4.78 is 10.7. The first-order valence-electron chi connectivity index (χ1n) is 11.5. The fraction of sp³-hybridized carbons (Fsp3) is 0.214. The molecule has 0 saturated carbocycles. The summed E-state index contributed by atoms with van der Waals surface area (Å²) in [6.07, 6.45) is 0. The molecule has 1 aromatic heterocycles. The number of fused-ring (bicyclic) bond motifs is 1. The second kappa shape index (κ2) is 9.53. The van der Waals surface area contributed by atoms with Crippen LogP contribution in [0, 0.1) is 0 Å². The average molecular weight is 456 g/mol. The lowest BCUT2D eigenvalue weighted by molar-refractivity contribution is -0.929. The number of quaternary nitrogens is 1. The lowest BCUT2D eigenvalue weighted by Gasteiger charge is -2.37. The van der Waals surface area contributed by atoms with Crippen LogP contribution in [0.4, 0.5) is 0 Å². The Balaban J connectivity index is 1.37. The molecule has 0 spiro atoms. The molecule has 2 heterocycles. The second-order valence-electron chi connectivity index (χ2n) is 8.56. The highest BCUT2D eigenvalue weighted by atomic mass is 16.5. The van der Waals surface area contributed by atoms with Gasteiger partial charge in [-0.2, -0.15) is 0 Å². The van der Waals surface area contributed by atoms with E-state index < -0.39 is 5.63 Å². The summed E-state index contributed by atoms with van der Waals surface area (Å²) in [5, 5.41) is 0.666. The predicted octanol–water partition coefficient (Wildman–Crippen LogP) is 2.93. The molecule has 1 saturated heterocycles. The number of hydrogen-bond donors (Lipinski definition) is 1. The molecule has 1 aliphatic heterocycles. The van der Waals surface area contributed by atoms with Crippen LogP contribution in [0.2, 0.25) is 0 Å². The molecule has 172 valence electrons. The largest absolute Gasteiger partial charge is 0.497 e. The molecule has 6 nitrogen and oxygen atoms in total. The van der Waals surface area contributed by atoms with Gasteiger partial charge >= 0.3 is 5.63 Å². The van der Waals surface area contributed by atoms with Crippen LogP contribution in [-0.4, -0.2) is 44.1 Å². The van der Waals surface area contributed by atoms with Crippen molar-refractivity contribution in [3.05, 3.63) is 112 Å². The van der Waals surface area contributed by atoms with Gasteiger partial charge in [0.15, 0.2) is 0 Å². The fourth-order valence-electron chi connectivity index (χ4n) is 4.79. The fourth-order valence-corrected chi connectivity index (χ4v) is 4.79. The van der Waals surface area contributed by atoms with Gasteiger partial charge in [0.25, 0.3) is 5.91 Å². The maximum absolute atomic E-state index is 13.3. The molecule has 0 atom stereocenters. The summed E-state index contributed by atoms with van der Waals surface area (Å²) in [5.41, 5.74) is 2.40. The number of carbonyl (C=O) groups excluding carboxylic acids is 1. The highest BCUT2D eigenvalue weighted by Gasteiger charge is 2.32. The molecule has 1 amide bonds. The Kier molecular flexibility index (Phi) is 6.14. The molecule has 1 N–H and O–H groups in total. The second-order valence-corrected chi connectivity index (χ2v) is 8.56. The van der Waals surface area contributed by atoms with Crippen molar-refractivity contribution in [3.8, 4) is 5.75 Å². The van der Waals surface area contributed by atoms with Crippen molar-refractivity contribution in [2.24, 2.45) is 0 Å². The van der Waals surface area contributed by atoms with Crippen LogP contribution in [0.3, 0.4) is 0 Å². The van der Waals surface area contributed by atoms with E-state index in [4.69, 9.17) is 9.15 Å². The molecule has 34 heavy (non-hydrogen) atoms. The van der Waals surface area contributed by atoms with Gasteiger partial charge in [-0.3, -0.25) is 4.79 Å². The molecule has 3 aromatic carbocycles. The van der Waals surface area contributed by atoms with Gasteiger partial charge in [-0.05, 0) is 24.3 Å². The summed E-state index contributed by atoms with van der Waals surface area (Å²) in [4.78, 5) is 29.0. The molecular weight excluding hydrogens is 428 g/mol. The van der Waals surface area contributed by atoms with E-state index in [9.17, 15) is 9.59 Å². The highest BCUT2D eigenvalue weighted by Crippen LogP contribution is 2.22. The van der Waals surface area contributed by atoms with Crippen LogP contribution in [0.5, 0.6) is 5.75 Å². The Bertz CT molecular complexity index is 1300. The molecule has 0 aliphatic carbocycles. The van der Waals surface area contributed by atoms with Crippen LogP contribution >= 0.6 is 0 Å². The first-order valence-corrected chi connectivity index (χ1v) is 11.5. The van der Waals surface area contributed by atoms with Crippen molar-refractivity contribution in [2.45, 2.75) is 6.04 Å². The van der Waals surface area contributed by atoms with Crippen molar-refractivity contribution in [2.75, 3.05) is 33.3 Å². The van der Waals surface area contributed by atoms with E-state index in [1.807, 2.05) is 12.1 Å². The SMILES string of the molecule is COc1ccc2oc(=O)c(C(=O)N3CC[NH+](C(c4ccccc4)c4ccccc4)CC3)cc2c1. The lowest BCUT2D eigenvalue weighted by Crippen LogP contribution is -3.15. The van der Waals surface area contributed by atoms with Crippen LogP contribution in [0.1, 0.15) is 27.5 Å². The molecule has 1 fully saturated rings. The van der Waals surface area contributed by atoms with Crippen LogP contribution in [0.25, 0.3) is 11.0 Å². The van der Waals surface area contributed by atoms with Gasteiger partial charge < -0.3 is 19.0 Å². The minimum absolute atomic E-state index is 0.0619. The van der Waals surface area contributed by atoms with Crippen molar-refractivity contribution in [1.82, 2.24) is 4.90 Å². The monoisotopic (exact) mass is 455 g/mol. The van der Waals surface area contributed by atoms with E-state index >= 15 is 0 Å². The molecule has 0 radical (unpaired) electrons. The van der Waals surface area contributed by atoms with Gasteiger partial charge in [-0.15, -0.1) is 0 Å². The third-order valence-electron chi connectivity index (χ3n) is 6.54. The number of piperazine rings is 1. The summed E-state index contributed by atoms with van der Waals surface area (Å²) in [6.45, 7) is 2.71. The Morgan fingerprint density at radius 2 is 1.53 bits per heavy atom.